The van der Waals surface area contributed by atoms with Crippen molar-refractivity contribution in [1.82, 2.24) is 9.62 Å². The van der Waals surface area contributed by atoms with Gasteiger partial charge in [-0.1, -0.05) is 20.8 Å². The molecule has 0 aromatic heterocycles. The van der Waals surface area contributed by atoms with Gasteiger partial charge in [0, 0.05) is 25.2 Å². The summed E-state index contributed by atoms with van der Waals surface area (Å²) in [6.45, 7) is 10.2. The molecule has 5 heteroatoms. The number of nitrogens with one attached hydrogen (secondary N) is 1. The molecule has 0 aromatic rings. The summed E-state index contributed by atoms with van der Waals surface area (Å²) in [6, 6.07) is 1.09. The third-order valence-electron chi connectivity index (χ3n) is 5.07. The molecule has 0 spiro atoms. The van der Waals surface area contributed by atoms with Gasteiger partial charge in [0.2, 0.25) is 10.0 Å². The zero-order valence-electron chi connectivity index (χ0n) is 14.1. The maximum absolute atomic E-state index is 11.9. The molecule has 2 unspecified atom stereocenters. The summed E-state index contributed by atoms with van der Waals surface area (Å²) < 4.78 is 25.4. The van der Waals surface area contributed by atoms with Gasteiger partial charge in [-0.15, -0.1) is 0 Å². The summed E-state index contributed by atoms with van der Waals surface area (Å²) in [5.74, 6) is 1.01. The molecule has 0 bridgehead atoms. The first kappa shape index (κ1) is 17.2. The van der Waals surface area contributed by atoms with Crippen molar-refractivity contribution in [2.24, 2.45) is 11.3 Å². The second-order valence-corrected chi connectivity index (χ2v) is 10.1. The van der Waals surface area contributed by atoms with Crippen LogP contribution < -0.4 is 5.32 Å². The van der Waals surface area contributed by atoms with Crippen molar-refractivity contribution in [1.29, 1.82) is 0 Å². The van der Waals surface area contributed by atoms with Gasteiger partial charge in [-0.3, -0.25) is 0 Å². The Bertz CT molecular complexity index is 439. The van der Waals surface area contributed by atoms with E-state index in [4.69, 9.17) is 0 Å². The lowest BCUT2D eigenvalue weighted by molar-refractivity contribution is 0.136. The molecule has 2 rings (SSSR count). The Kier molecular flexibility index (Phi) is 5.37. The van der Waals surface area contributed by atoms with Crippen LogP contribution in [0.2, 0.25) is 0 Å². The monoisotopic (exact) mass is 316 g/mol. The van der Waals surface area contributed by atoms with E-state index in [-0.39, 0.29) is 5.75 Å². The smallest absolute Gasteiger partial charge is 0.213 e. The fourth-order valence-electron chi connectivity index (χ4n) is 4.29. The molecule has 2 fully saturated rings. The van der Waals surface area contributed by atoms with E-state index in [0.717, 1.165) is 18.8 Å². The zero-order chi connectivity index (χ0) is 15.7. The van der Waals surface area contributed by atoms with E-state index in [1.165, 1.54) is 19.3 Å². The number of sulfonamides is 1. The van der Waals surface area contributed by atoms with Gasteiger partial charge in [0.15, 0.2) is 0 Å². The molecule has 4 nitrogen and oxygen atoms in total. The average Bonchev–Trinajstić information content (AvgIpc) is 2.37. The Morgan fingerprint density at radius 3 is 2.29 bits per heavy atom. The van der Waals surface area contributed by atoms with Crippen molar-refractivity contribution in [2.45, 2.75) is 71.9 Å². The molecule has 1 N–H and O–H groups in total. The maximum atomic E-state index is 11.9. The summed E-state index contributed by atoms with van der Waals surface area (Å²) in [5.41, 5.74) is 0.432. The first-order valence-electron chi connectivity index (χ1n) is 8.46. The van der Waals surface area contributed by atoms with Gasteiger partial charge in [0.25, 0.3) is 0 Å². The first-order valence-corrected chi connectivity index (χ1v) is 10.1. The van der Waals surface area contributed by atoms with Gasteiger partial charge in [0.05, 0.1) is 5.75 Å². The second-order valence-electron chi connectivity index (χ2n) is 7.85. The normalized spacial score (nSPS) is 32.2. The fraction of sp³-hybridized carbons (Fsp3) is 1.00. The second kappa shape index (κ2) is 6.55. The minimum Gasteiger partial charge on any atom is -0.311 e. The van der Waals surface area contributed by atoms with Gasteiger partial charge >= 0.3 is 0 Å². The van der Waals surface area contributed by atoms with Crippen molar-refractivity contribution in [3.8, 4) is 0 Å². The Hall–Kier alpha value is -0.130. The highest BCUT2D eigenvalue weighted by Crippen LogP contribution is 2.38. The Morgan fingerprint density at radius 1 is 1.14 bits per heavy atom. The predicted molar refractivity (Wildman–Crippen MR) is 87.8 cm³/mol. The van der Waals surface area contributed by atoms with Crippen LogP contribution in [0.25, 0.3) is 0 Å². The fourth-order valence-corrected chi connectivity index (χ4v) is 5.42. The SMILES string of the molecule is CCS(=O)(=O)N1CCC(NC2CC(C)CC(C)(C)C2)CC1. The Labute approximate surface area is 130 Å². The minimum atomic E-state index is -3.00. The van der Waals surface area contributed by atoms with Crippen LogP contribution in [-0.2, 0) is 10.0 Å². The van der Waals surface area contributed by atoms with Crippen LogP contribution in [-0.4, -0.2) is 43.6 Å². The molecule has 1 heterocycles. The van der Waals surface area contributed by atoms with E-state index < -0.39 is 10.0 Å². The van der Waals surface area contributed by atoms with E-state index in [1.54, 1.807) is 11.2 Å². The van der Waals surface area contributed by atoms with Gasteiger partial charge in [-0.25, -0.2) is 12.7 Å². The largest absolute Gasteiger partial charge is 0.311 e. The molecule has 0 aromatic carbocycles. The summed E-state index contributed by atoms with van der Waals surface area (Å²) in [5, 5.41) is 3.81. The highest BCUT2D eigenvalue weighted by atomic mass is 32.2. The first-order chi connectivity index (χ1) is 9.72. The van der Waals surface area contributed by atoms with Crippen LogP contribution in [0.15, 0.2) is 0 Å². The molecule has 2 atom stereocenters. The zero-order valence-corrected chi connectivity index (χ0v) is 14.9. The average molecular weight is 317 g/mol. The lowest BCUT2D eigenvalue weighted by atomic mass is 9.70. The number of nitrogens with zero attached hydrogens (tertiary/aromatic N) is 1. The maximum Gasteiger partial charge on any atom is 0.213 e. The van der Waals surface area contributed by atoms with Gasteiger partial charge in [-0.2, -0.15) is 0 Å². The minimum absolute atomic E-state index is 0.222. The molecule has 0 radical (unpaired) electrons. The molecule has 1 aliphatic heterocycles. The van der Waals surface area contributed by atoms with Crippen molar-refractivity contribution in [2.75, 3.05) is 18.8 Å². The van der Waals surface area contributed by atoms with Crippen LogP contribution in [0.3, 0.4) is 0 Å². The molecular weight excluding hydrogens is 284 g/mol. The van der Waals surface area contributed by atoms with E-state index in [0.29, 0.717) is 30.6 Å². The van der Waals surface area contributed by atoms with Gasteiger partial charge in [0.1, 0.15) is 0 Å². The predicted octanol–water partition coefficient (Wildman–Crippen LogP) is 2.60. The Morgan fingerprint density at radius 2 is 1.76 bits per heavy atom. The van der Waals surface area contributed by atoms with Crippen LogP contribution in [0, 0.1) is 11.3 Å². The van der Waals surface area contributed by atoms with Crippen LogP contribution >= 0.6 is 0 Å². The number of hydrogen-bond donors (Lipinski definition) is 1. The van der Waals surface area contributed by atoms with Crippen molar-refractivity contribution in [3.63, 3.8) is 0 Å². The van der Waals surface area contributed by atoms with Crippen LogP contribution in [0.4, 0.5) is 0 Å². The Balaban J connectivity index is 1.84. The molecule has 0 amide bonds. The molecule has 2 aliphatic rings. The lowest BCUT2D eigenvalue weighted by Gasteiger charge is -2.42. The number of piperidine rings is 1. The summed E-state index contributed by atoms with van der Waals surface area (Å²) in [7, 11) is -3.00. The van der Waals surface area contributed by atoms with Crippen LogP contribution in [0.5, 0.6) is 0 Å². The molecular formula is C16H32N2O2S. The highest BCUT2D eigenvalue weighted by molar-refractivity contribution is 7.89. The topological polar surface area (TPSA) is 49.4 Å². The molecule has 1 aliphatic carbocycles. The molecule has 1 saturated heterocycles. The third-order valence-corrected chi connectivity index (χ3v) is 6.95. The quantitative estimate of drug-likeness (QED) is 0.867. The van der Waals surface area contributed by atoms with Crippen molar-refractivity contribution >= 4 is 10.0 Å². The van der Waals surface area contributed by atoms with Crippen molar-refractivity contribution < 1.29 is 8.42 Å². The van der Waals surface area contributed by atoms with E-state index in [1.807, 2.05) is 0 Å². The van der Waals surface area contributed by atoms with Gasteiger partial charge in [-0.05, 0) is 50.4 Å². The lowest BCUT2D eigenvalue weighted by Crippen LogP contribution is -2.50. The summed E-state index contributed by atoms with van der Waals surface area (Å²) >= 11 is 0. The third kappa shape index (κ3) is 4.67. The van der Waals surface area contributed by atoms with E-state index in [2.05, 4.69) is 26.1 Å². The number of hydrogen-bond acceptors (Lipinski definition) is 3. The summed E-state index contributed by atoms with van der Waals surface area (Å²) in [6.07, 6.45) is 5.72. The van der Waals surface area contributed by atoms with E-state index >= 15 is 0 Å². The highest BCUT2D eigenvalue weighted by Gasteiger charge is 2.34. The number of rotatable bonds is 4. The van der Waals surface area contributed by atoms with Crippen molar-refractivity contribution in [3.05, 3.63) is 0 Å². The van der Waals surface area contributed by atoms with Crippen LogP contribution in [0.1, 0.15) is 59.8 Å². The molecule has 1 saturated carbocycles. The van der Waals surface area contributed by atoms with Gasteiger partial charge < -0.3 is 5.32 Å². The standard InChI is InChI=1S/C16H32N2O2S/c1-5-21(19,20)18-8-6-14(7-9-18)17-15-10-13(2)11-16(3,4)12-15/h13-15,17H,5-12H2,1-4H3. The molecule has 124 valence electrons. The molecule has 21 heavy (non-hydrogen) atoms. The summed E-state index contributed by atoms with van der Waals surface area (Å²) in [4.78, 5) is 0. The van der Waals surface area contributed by atoms with E-state index in [9.17, 15) is 8.42 Å².